The summed E-state index contributed by atoms with van der Waals surface area (Å²) in [6.07, 6.45) is -0.750. The minimum Gasteiger partial charge on any atom is -0.497 e. The second-order valence-electron chi connectivity index (χ2n) is 5.69. The summed E-state index contributed by atoms with van der Waals surface area (Å²) in [6.45, 7) is 0. The minimum absolute atomic E-state index is 0.676. The SMILES string of the molecule is COc1cccc(C(O)c2nc(-c3ccc(N(C)C)cc3)cs2)c1. The molecule has 0 amide bonds. The van der Waals surface area contributed by atoms with Gasteiger partial charge in [-0.1, -0.05) is 24.3 Å². The molecule has 0 saturated heterocycles. The summed E-state index contributed by atoms with van der Waals surface area (Å²) in [6, 6.07) is 15.7. The Morgan fingerprint density at radius 2 is 1.88 bits per heavy atom. The highest BCUT2D eigenvalue weighted by Crippen LogP contribution is 2.31. The maximum Gasteiger partial charge on any atom is 0.131 e. The van der Waals surface area contributed by atoms with Crippen LogP contribution >= 0.6 is 11.3 Å². The van der Waals surface area contributed by atoms with Gasteiger partial charge in [0.05, 0.1) is 12.8 Å². The molecule has 3 aromatic rings. The van der Waals surface area contributed by atoms with Crippen molar-refractivity contribution in [1.82, 2.24) is 4.98 Å². The van der Waals surface area contributed by atoms with E-state index in [2.05, 4.69) is 22.0 Å². The molecule has 2 aromatic carbocycles. The molecule has 0 saturated carbocycles. The Hall–Kier alpha value is -2.37. The summed E-state index contributed by atoms with van der Waals surface area (Å²) in [4.78, 5) is 6.66. The summed E-state index contributed by atoms with van der Waals surface area (Å²) in [5.74, 6) is 0.725. The summed E-state index contributed by atoms with van der Waals surface area (Å²) < 4.78 is 5.21. The number of anilines is 1. The normalized spacial score (nSPS) is 12.0. The van der Waals surface area contributed by atoms with E-state index in [1.165, 1.54) is 11.3 Å². The maximum absolute atomic E-state index is 10.6. The summed E-state index contributed by atoms with van der Waals surface area (Å²) in [5.41, 5.74) is 3.84. The molecule has 1 atom stereocenters. The van der Waals surface area contributed by atoms with E-state index in [4.69, 9.17) is 4.74 Å². The lowest BCUT2D eigenvalue weighted by atomic mass is 10.1. The van der Waals surface area contributed by atoms with E-state index in [1.54, 1.807) is 7.11 Å². The van der Waals surface area contributed by atoms with Gasteiger partial charge in [-0.25, -0.2) is 4.98 Å². The highest BCUT2D eigenvalue weighted by Gasteiger charge is 2.16. The fourth-order valence-electron chi connectivity index (χ4n) is 2.43. The average molecular weight is 340 g/mol. The van der Waals surface area contributed by atoms with Crippen LogP contribution in [0.15, 0.2) is 53.9 Å². The van der Waals surface area contributed by atoms with Gasteiger partial charge in [0, 0.05) is 30.7 Å². The van der Waals surface area contributed by atoms with E-state index >= 15 is 0 Å². The molecule has 1 aromatic heterocycles. The zero-order valence-electron chi connectivity index (χ0n) is 13.9. The topological polar surface area (TPSA) is 45.6 Å². The smallest absolute Gasteiger partial charge is 0.131 e. The van der Waals surface area contributed by atoms with Crippen LogP contribution < -0.4 is 9.64 Å². The molecule has 3 rings (SSSR count). The Balaban J connectivity index is 1.84. The molecule has 4 nitrogen and oxygen atoms in total. The molecule has 0 fully saturated rings. The van der Waals surface area contributed by atoms with Gasteiger partial charge >= 0.3 is 0 Å². The molecule has 0 aliphatic carbocycles. The van der Waals surface area contributed by atoms with Gasteiger partial charge in [-0.3, -0.25) is 0 Å². The number of thiazole rings is 1. The van der Waals surface area contributed by atoms with E-state index in [0.717, 1.165) is 28.3 Å². The highest BCUT2D eigenvalue weighted by molar-refractivity contribution is 7.10. The third-order valence-corrected chi connectivity index (χ3v) is 4.74. The minimum atomic E-state index is -0.750. The van der Waals surface area contributed by atoms with Crippen molar-refractivity contribution in [1.29, 1.82) is 0 Å². The van der Waals surface area contributed by atoms with Crippen molar-refractivity contribution in [3.63, 3.8) is 0 Å². The van der Waals surface area contributed by atoms with Crippen molar-refractivity contribution in [2.75, 3.05) is 26.1 Å². The molecule has 1 unspecified atom stereocenters. The molecule has 1 N–H and O–H groups in total. The second-order valence-corrected chi connectivity index (χ2v) is 6.58. The Morgan fingerprint density at radius 1 is 1.12 bits per heavy atom. The number of aromatic nitrogens is 1. The van der Waals surface area contributed by atoms with Crippen molar-refractivity contribution >= 4 is 17.0 Å². The number of ether oxygens (including phenoxy) is 1. The largest absolute Gasteiger partial charge is 0.497 e. The van der Waals surface area contributed by atoms with E-state index in [-0.39, 0.29) is 0 Å². The van der Waals surface area contributed by atoms with E-state index < -0.39 is 6.10 Å². The first-order valence-electron chi connectivity index (χ1n) is 7.63. The molecule has 0 bridgehead atoms. The number of aliphatic hydroxyl groups is 1. The van der Waals surface area contributed by atoms with Gasteiger partial charge in [0.25, 0.3) is 0 Å². The number of benzene rings is 2. The standard InChI is InChI=1S/C19H20N2O2S/c1-21(2)15-9-7-13(8-10-15)17-12-24-19(20-17)18(22)14-5-4-6-16(11-14)23-3/h4-12,18,22H,1-3H3. The molecule has 5 heteroatoms. The quantitative estimate of drug-likeness (QED) is 0.763. The van der Waals surface area contributed by atoms with Crippen LogP contribution in [0.1, 0.15) is 16.7 Å². The molecule has 124 valence electrons. The van der Waals surface area contributed by atoms with Crippen molar-refractivity contribution in [3.05, 3.63) is 64.5 Å². The van der Waals surface area contributed by atoms with Crippen LogP contribution in [0, 0.1) is 0 Å². The van der Waals surface area contributed by atoms with Crippen LogP contribution in [0.3, 0.4) is 0 Å². The van der Waals surface area contributed by atoms with Gasteiger partial charge in [0.2, 0.25) is 0 Å². The van der Waals surface area contributed by atoms with Crippen molar-refractivity contribution in [3.8, 4) is 17.0 Å². The summed E-state index contributed by atoms with van der Waals surface area (Å²) in [7, 11) is 5.64. The number of aliphatic hydroxyl groups excluding tert-OH is 1. The molecular formula is C19H20N2O2S. The first kappa shape index (κ1) is 16.5. The lowest BCUT2D eigenvalue weighted by Crippen LogP contribution is -2.07. The fourth-order valence-corrected chi connectivity index (χ4v) is 3.27. The van der Waals surface area contributed by atoms with Gasteiger partial charge < -0.3 is 14.7 Å². The van der Waals surface area contributed by atoms with Crippen LogP contribution in [0.4, 0.5) is 5.69 Å². The molecule has 0 spiro atoms. The first-order valence-corrected chi connectivity index (χ1v) is 8.51. The molecular weight excluding hydrogens is 320 g/mol. The first-order chi connectivity index (χ1) is 11.6. The number of rotatable bonds is 5. The monoisotopic (exact) mass is 340 g/mol. The Bertz CT molecular complexity index is 812. The van der Waals surface area contributed by atoms with Crippen molar-refractivity contribution in [2.45, 2.75) is 6.10 Å². The van der Waals surface area contributed by atoms with Gasteiger partial charge in [0.15, 0.2) is 0 Å². The molecule has 0 aliphatic rings. The number of nitrogens with zero attached hydrogens (tertiary/aromatic N) is 2. The van der Waals surface area contributed by atoms with E-state index in [0.29, 0.717) is 5.01 Å². The molecule has 0 radical (unpaired) electrons. The zero-order valence-corrected chi connectivity index (χ0v) is 14.7. The van der Waals surface area contributed by atoms with Gasteiger partial charge in [-0.05, 0) is 29.8 Å². The third kappa shape index (κ3) is 3.42. The lowest BCUT2D eigenvalue weighted by Gasteiger charge is -2.12. The zero-order chi connectivity index (χ0) is 17.1. The van der Waals surface area contributed by atoms with Crippen LogP contribution in [0.25, 0.3) is 11.3 Å². The average Bonchev–Trinajstić information content (AvgIpc) is 3.11. The van der Waals surface area contributed by atoms with Gasteiger partial charge in [-0.15, -0.1) is 11.3 Å². The van der Waals surface area contributed by atoms with Gasteiger partial charge in [0.1, 0.15) is 16.9 Å². The van der Waals surface area contributed by atoms with Crippen LogP contribution in [-0.2, 0) is 0 Å². The van der Waals surface area contributed by atoms with Crippen LogP contribution in [0.2, 0.25) is 0 Å². The van der Waals surface area contributed by atoms with E-state index in [9.17, 15) is 5.11 Å². The number of hydrogen-bond donors (Lipinski definition) is 1. The number of methoxy groups -OCH3 is 1. The third-order valence-electron chi connectivity index (χ3n) is 3.84. The number of hydrogen-bond acceptors (Lipinski definition) is 5. The van der Waals surface area contributed by atoms with Gasteiger partial charge in [-0.2, -0.15) is 0 Å². The van der Waals surface area contributed by atoms with Crippen LogP contribution in [0.5, 0.6) is 5.75 Å². The fraction of sp³-hybridized carbons (Fsp3) is 0.211. The van der Waals surface area contributed by atoms with Crippen LogP contribution in [-0.4, -0.2) is 31.3 Å². The lowest BCUT2D eigenvalue weighted by molar-refractivity contribution is 0.219. The Morgan fingerprint density at radius 3 is 2.54 bits per heavy atom. The summed E-state index contributed by atoms with van der Waals surface area (Å²) >= 11 is 1.46. The van der Waals surface area contributed by atoms with Crippen molar-refractivity contribution < 1.29 is 9.84 Å². The maximum atomic E-state index is 10.6. The van der Waals surface area contributed by atoms with E-state index in [1.807, 2.05) is 55.9 Å². The van der Waals surface area contributed by atoms with Crippen molar-refractivity contribution in [2.24, 2.45) is 0 Å². The molecule has 1 heterocycles. The second kappa shape index (κ2) is 7.03. The highest BCUT2D eigenvalue weighted by atomic mass is 32.1. The Kier molecular flexibility index (Phi) is 4.83. The summed E-state index contributed by atoms with van der Waals surface area (Å²) in [5, 5.41) is 13.2. The predicted molar refractivity (Wildman–Crippen MR) is 98.9 cm³/mol. The predicted octanol–water partition coefficient (Wildman–Crippen LogP) is 3.97. The molecule has 0 aliphatic heterocycles. The Labute approximate surface area is 146 Å². The molecule has 24 heavy (non-hydrogen) atoms.